The fraction of sp³-hybridized carbons (Fsp3) is 0.600. The summed E-state index contributed by atoms with van der Waals surface area (Å²) in [5, 5.41) is 0. The van der Waals surface area contributed by atoms with Crippen molar-refractivity contribution in [3.05, 3.63) is 12.3 Å². The van der Waals surface area contributed by atoms with E-state index < -0.39 is 0 Å². The van der Waals surface area contributed by atoms with E-state index in [0.717, 1.165) is 6.42 Å². The minimum Gasteiger partial charge on any atom is -0.463 e. The van der Waals surface area contributed by atoms with Gasteiger partial charge in [0.2, 0.25) is 0 Å². The van der Waals surface area contributed by atoms with Crippen molar-refractivity contribution in [1.29, 1.82) is 0 Å². The SMILES string of the molecule is COCCOCCCOc1nccc(N)n1. The lowest BCUT2D eigenvalue weighted by atomic mass is 10.5. The van der Waals surface area contributed by atoms with Crippen LogP contribution >= 0.6 is 0 Å². The van der Waals surface area contributed by atoms with E-state index in [9.17, 15) is 0 Å². The fourth-order valence-corrected chi connectivity index (χ4v) is 0.992. The first-order chi connectivity index (χ1) is 7.83. The van der Waals surface area contributed by atoms with Gasteiger partial charge in [-0.25, -0.2) is 4.98 Å². The maximum atomic E-state index is 5.47. The summed E-state index contributed by atoms with van der Waals surface area (Å²) in [6.07, 6.45) is 2.34. The number of methoxy groups -OCH3 is 1. The highest BCUT2D eigenvalue weighted by Gasteiger charge is 1.97. The quantitative estimate of drug-likeness (QED) is 0.651. The van der Waals surface area contributed by atoms with Gasteiger partial charge in [-0.2, -0.15) is 4.98 Å². The number of nitrogens with zero attached hydrogens (tertiary/aromatic N) is 2. The van der Waals surface area contributed by atoms with Crippen LogP contribution in [0.15, 0.2) is 12.3 Å². The van der Waals surface area contributed by atoms with Gasteiger partial charge < -0.3 is 19.9 Å². The molecule has 0 atom stereocenters. The van der Waals surface area contributed by atoms with Crippen LogP contribution in [0, 0.1) is 0 Å². The van der Waals surface area contributed by atoms with Crippen molar-refractivity contribution >= 4 is 5.82 Å². The lowest BCUT2D eigenvalue weighted by Gasteiger charge is -2.05. The zero-order valence-electron chi connectivity index (χ0n) is 9.39. The van der Waals surface area contributed by atoms with Gasteiger partial charge in [0.1, 0.15) is 5.82 Å². The van der Waals surface area contributed by atoms with Crippen LogP contribution in [0.4, 0.5) is 5.82 Å². The molecule has 0 saturated carbocycles. The lowest BCUT2D eigenvalue weighted by molar-refractivity contribution is 0.0639. The fourth-order valence-electron chi connectivity index (χ4n) is 0.992. The molecule has 1 aromatic rings. The third-order valence-electron chi connectivity index (χ3n) is 1.75. The number of nitrogen functional groups attached to an aromatic ring is 1. The number of ether oxygens (including phenoxy) is 3. The second-order valence-electron chi connectivity index (χ2n) is 3.07. The summed E-state index contributed by atoms with van der Waals surface area (Å²) in [5.74, 6) is 0.404. The third-order valence-corrected chi connectivity index (χ3v) is 1.75. The van der Waals surface area contributed by atoms with Gasteiger partial charge in [0.15, 0.2) is 0 Å². The van der Waals surface area contributed by atoms with E-state index in [4.69, 9.17) is 19.9 Å². The third kappa shape index (κ3) is 5.47. The van der Waals surface area contributed by atoms with Crippen LogP contribution in [0.3, 0.4) is 0 Å². The molecular weight excluding hydrogens is 210 g/mol. The van der Waals surface area contributed by atoms with Crippen molar-refractivity contribution in [3.63, 3.8) is 0 Å². The van der Waals surface area contributed by atoms with Crippen molar-refractivity contribution in [1.82, 2.24) is 9.97 Å². The Bertz CT molecular complexity index is 296. The predicted octanol–water partition coefficient (Wildman–Crippen LogP) is 0.491. The van der Waals surface area contributed by atoms with Crippen molar-refractivity contribution in [2.24, 2.45) is 0 Å². The molecule has 1 heterocycles. The van der Waals surface area contributed by atoms with Gasteiger partial charge in [-0.1, -0.05) is 0 Å². The maximum Gasteiger partial charge on any atom is 0.318 e. The first-order valence-corrected chi connectivity index (χ1v) is 5.11. The summed E-state index contributed by atoms with van der Waals surface area (Å²) in [4.78, 5) is 7.82. The molecule has 6 nitrogen and oxygen atoms in total. The molecule has 0 radical (unpaired) electrons. The van der Waals surface area contributed by atoms with E-state index in [1.54, 1.807) is 19.4 Å². The highest BCUT2D eigenvalue weighted by molar-refractivity contribution is 5.26. The second-order valence-corrected chi connectivity index (χ2v) is 3.07. The summed E-state index contributed by atoms with van der Waals surface area (Å²) in [7, 11) is 1.64. The Labute approximate surface area is 94.7 Å². The average molecular weight is 227 g/mol. The molecule has 0 aliphatic heterocycles. The van der Waals surface area contributed by atoms with Gasteiger partial charge in [0.25, 0.3) is 0 Å². The zero-order chi connectivity index (χ0) is 11.6. The largest absolute Gasteiger partial charge is 0.463 e. The van der Waals surface area contributed by atoms with Crippen molar-refractivity contribution in [2.45, 2.75) is 6.42 Å². The number of hydrogen-bond donors (Lipinski definition) is 1. The molecule has 0 amide bonds. The Hall–Kier alpha value is -1.40. The zero-order valence-corrected chi connectivity index (χ0v) is 9.39. The molecule has 6 heteroatoms. The Morgan fingerprint density at radius 2 is 2.12 bits per heavy atom. The number of hydrogen-bond acceptors (Lipinski definition) is 6. The van der Waals surface area contributed by atoms with Crippen molar-refractivity contribution in [3.8, 4) is 6.01 Å². The highest BCUT2D eigenvalue weighted by atomic mass is 16.5. The minimum atomic E-state index is 0.303. The number of rotatable bonds is 8. The summed E-state index contributed by atoms with van der Waals surface area (Å²) in [6, 6.07) is 1.91. The van der Waals surface area contributed by atoms with Crippen LogP contribution in [-0.4, -0.2) is 43.5 Å². The molecule has 0 fully saturated rings. The van der Waals surface area contributed by atoms with Crippen molar-refractivity contribution in [2.75, 3.05) is 39.3 Å². The normalized spacial score (nSPS) is 10.3. The standard InChI is InChI=1S/C10H17N3O3/c1-14-7-8-15-5-2-6-16-10-12-4-3-9(11)13-10/h3-4H,2,5-8H2,1H3,(H2,11,12,13). The topological polar surface area (TPSA) is 79.5 Å². The van der Waals surface area contributed by atoms with Crippen LogP contribution in [0.1, 0.15) is 6.42 Å². The molecule has 1 aromatic heterocycles. The first kappa shape index (κ1) is 12.7. The molecule has 0 unspecified atom stereocenters. The van der Waals surface area contributed by atoms with Gasteiger partial charge in [-0.05, 0) is 6.07 Å². The molecule has 0 bridgehead atoms. The van der Waals surface area contributed by atoms with Crippen molar-refractivity contribution < 1.29 is 14.2 Å². The molecule has 2 N–H and O–H groups in total. The molecule has 1 rings (SSSR count). The van der Waals surface area contributed by atoms with E-state index in [0.29, 0.717) is 38.3 Å². The summed E-state index contributed by atoms with van der Waals surface area (Å²) in [5.41, 5.74) is 5.47. The molecule has 0 saturated heterocycles. The van der Waals surface area contributed by atoms with E-state index >= 15 is 0 Å². The highest BCUT2D eigenvalue weighted by Crippen LogP contribution is 2.03. The smallest absolute Gasteiger partial charge is 0.318 e. The summed E-state index contributed by atoms with van der Waals surface area (Å²) >= 11 is 0. The molecule has 90 valence electrons. The van der Waals surface area contributed by atoms with Crippen LogP contribution in [0.2, 0.25) is 0 Å². The lowest BCUT2D eigenvalue weighted by Crippen LogP contribution is -2.08. The Morgan fingerprint density at radius 3 is 2.88 bits per heavy atom. The Balaban J connectivity index is 2.03. The predicted molar refractivity (Wildman–Crippen MR) is 59.3 cm³/mol. The van der Waals surface area contributed by atoms with Crippen LogP contribution in [-0.2, 0) is 9.47 Å². The van der Waals surface area contributed by atoms with E-state index in [2.05, 4.69) is 9.97 Å². The van der Waals surface area contributed by atoms with Gasteiger partial charge in [0.05, 0.1) is 19.8 Å². The minimum absolute atomic E-state index is 0.303. The summed E-state index contributed by atoms with van der Waals surface area (Å²) in [6.45, 7) is 2.35. The molecule has 0 aliphatic carbocycles. The maximum absolute atomic E-state index is 5.47. The molecule has 16 heavy (non-hydrogen) atoms. The molecule has 0 spiro atoms. The number of anilines is 1. The van der Waals surface area contributed by atoms with Gasteiger partial charge in [0, 0.05) is 26.3 Å². The van der Waals surface area contributed by atoms with Crippen LogP contribution < -0.4 is 10.5 Å². The number of aromatic nitrogens is 2. The van der Waals surface area contributed by atoms with E-state index in [1.807, 2.05) is 0 Å². The molecule has 0 aromatic carbocycles. The van der Waals surface area contributed by atoms with Gasteiger partial charge in [-0.3, -0.25) is 0 Å². The number of nitrogens with two attached hydrogens (primary N) is 1. The second kappa shape index (κ2) is 7.84. The van der Waals surface area contributed by atoms with Crippen LogP contribution in [0.5, 0.6) is 6.01 Å². The monoisotopic (exact) mass is 227 g/mol. The van der Waals surface area contributed by atoms with Gasteiger partial charge in [-0.15, -0.1) is 0 Å². The Morgan fingerprint density at radius 1 is 1.25 bits per heavy atom. The van der Waals surface area contributed by atoms with E-state index in [1.165, 1.54) is 0 Å². The Kier molecular flexibility index (Phi) is 6.20. The van der Waals surface area contributed by atoms with Crippen LogP contribution in [0.25, 0.3) is 0 Å². The first-order valence-electron chi connectivity index (χ1n) is 5.11. The van der Waals surface area contributed by atoms with Gasteiger partial charge >= 0.3 is 6.01 Å². The molecule has 0 aliphatic rings. The average Bonchev–Trinajstić information content (AvgIpc) is 2.28. The summed E-state index contributed by atoms with van der Waals surface area (Å²) < 4.78 is 15.4. The van der Waals surface area contributed by atoms with E-state index in [-0.39, 0.29) is 0 Å². The molecular formula is C10H17N3O3.